The van der Waals surface area contributed by atoms with Crippen LogP contribution in [-0.2, 0) is 6.54 Å². The third kappa shape index (κ3) is 2.39. The summed E-state index contributed by atoms with van der Waals surface area (Å²) >= 11 is 6.21. The molecule has 1 amide bonds. The van der Waals surface area contributed by atoms with Gasteiger partial charge in [0.25, 0.3) is 5.91 Å². The van der Waals surface area contributed by atoms with Gasteiger partial charge in [-0.05, 0) is 24.3 Å². The van der Waals surface area contributed by atoms with Crippen molar-refractivity contribution in [2.45, 2.75) is 6.54 Å². The molecular formula is C18H13ClN4O. The van der Waals surface area contributed by atoms with Gasteiger partial charge in [0.2, 0.25) is 0 Å². The molecule has 1 aliphatic rings. The summed E-state index contributed by atoms with van der Waals surface area (Å²) in [5.74, 6) is -0.557. The average molecular weight is 337 g/mol. The summed E-state index contributed by atoms with van der Waals surface area (Å²) in [7, 11) is 0. The summed E-state index contributed by atoms with van der Waals surface area (Å²) in [6.45, 7) is 0.400. The molecule has 3 aromatic rings. The van der Waals surface area contributed by atoms with Crippen molar-refractivity contribution in [1.29, 1.82) is 0 Å². The zero-order valence-electron chi connectivity index (χ0n) is 12.6. The van der Waals surface area contributed by atoms with E-state index in [0.29, 0.717) is 11.6 Å². The molecule has 0 saturated heterocycles. The first-order valence-corrected chi connectivity index (χ1v) is 7.80. The number of nitrogens with zero attached hydrogens (tertiary/aromatic N) is 3. The second kappa shape index (κ2) is 5.62. The Morgan fingerprint density at radius 1 is 1.12 bits per heavy atom. The van der Waals surface area contributed by atoms with Gasteiger partial charge in [0, 0.05) is 16.1 Å². The molecule has 0 saturated carbocycles. The van der Waals surface area contributed by atoms with E-state index < -0.39 is 5.91 Å². The van der Waals surface area contributed by atoms with Crippen LogP contribution in [0.5, 0.6) is 0 Å². The van der Waals surface area contributed by atoms with Crippen LogP contribution in [-0.4, -0.2) is 21.4 Å². The van der Waals surface area contributed by atoms with Crippen molar-refractivity contribution in [3.05, 3.63) is 82.1 Å². The van der Waals surface area contributed by atoms with Crippen LogP contribution in [0.1, 0.15) is 27.3 Å². The van der Waals surface area contributed by atoms with Crippen molar-refractivity contribution in [3.8, 4) is 5.69 Å². The number of benzene rings is 2. The molecule has 6 heteroatoms. The van der Waals surface area contributed by atoms with E-state index in [1.54, 1.807) is 16.8 Å². The van der Waals surface area contributed by atoms with Gasteiger partial charge in [-0.3, -0.25) is 9.79 Å². The predicted molar refractivity (Wildman–Crippen MR) is 92.9 cm³/mol. The van der Waals surface area contributed by atoms with Gasteiger partial charge in [-0.1, -0.05) is 41.9 Å². The Bertz CT molecular complexity index is 976. The normalized spacial score (nSPS) is 12.8. The zero-order chi connectivity index (χ0) is 16.7. The fourth-order valence-electron chi connectivity index (χ4n) is 2.83. The van der Waals surface area contributed by atoms with Crippen LogP contribution in [0.2, 0.25) is 5.02 Å². The zero-order valence-corrected chi connectivity index (χ0v) is 13.4. The third-order valence-electron chi connectivity index (χ3n) is 3.92. The Hall–Kier alpha value is -2.92. The largest absolute Gasteiger partial charge is 0.364 e. The van der Waals surface area contributed by atoms with E-state index in [-0.39, 0.29) is 5.69 Å². The van der Waals surface area contributed by atoms with Crippen LogP contribution >= 0.6 is 11.6 Å². The number of hydrogen-bond acceptors (Lipinski definition) is 3. The van der Waals surface area contributed by atoms with E-state index >= 15 is 0 Å². The van der Waals surface area contributed by atoms with Gasteiger partial charge >= 0.3 is 0 Å². The maximum atomic E-state index is 11.4. The Labute approximate surface area is 143 Å². The molecule has 118 valence electrons. The fraction of sp³-hybridized carbons (Fsp3) is 0.0556. The number of nitrogens with two attached hydrogens (primary N) is 1. The number of rotatable bonds is 2. The molecule has 5 nitrogen and oxygen atoms in total. The van der Waals surface area contributed by atoms with Crippen molar-refractivity contribution in [3.63, 3.8) is 0 Å². The number of carbonyl (C=O) groups is 1. The molecule has 0 unspecified atom stereocenters. The standard InChI is InChI=1S/C18H13ClN4O/c19-12-6-7-16-14(8-12)17(11-4-2-1-3-5-11)21-10-13-9-15(18(20)24)22-23(13)16/h1-9H,10H2,(H2,20,24). The summed E-state index contributed by atoms with van der Waals surface area (Å²) < 4.78 is 1.71. The van der Waals surface area contributed by atoms with Crippen molar-refractivity contribution >= 4 is 23.2 Å². The number of aromatic nitrogens is 2. The number of aliphatic imine (C=N–C) groups is 1. The van der Waals surface area contributed by atoms with Crippen molar-refractivity contribution in [2.75, 3.05) is 0 Å². The van der Waals surface area contributed by atoms with E-state index in [4.69, 9.17) is 22.3 Å². The Balaban J connectivity index is 1.96. The highest BCUT2D eigenvalue weighted by molar-refractivity contribution is 6.31. The van der Waals surface area contributed by atoms with Gasteiger partial charge in [0.05, 0.1) is 23.6 Å². The summed E-state index contributed by atoms with van der Waals surface area (Å²) in [5.41, 5.74) is 9.92. The average Bonchev–Trinajstić information content (AvgIpc) is 2.95. The molecule has 0 radical (unpaired) electrons. The Kier molecular flexibility index (Phi) is 3.43. The van der Waals surface area contributed by atoms with Gasteiger partial charge in [-0.2, -0.15) is 5.10 Å². The van der Waals surface area contributed by atoms with Gasteiger partial charge in [0.15, 0.2) is 5.69 Å². The van der Waals surface area contributed by atoms with Crippen molar-refractivity contribution in [2.24, 2.45) is 10.7 Å². The van der Waals surface area contributed by atoms with Crippen molar-refractivity contribution in [1.82, 2.24) is 9.78 Å². The lowest BCUT2D eigenvalue weighted by Crippen LogP contribution is -2.13. The van der Waals surface area contributed by atoms with Gasteiger partial charge in [-0.15, -0.1) is 0 Å². The highest BCUT2D eigenvalue weighted by atomic mass is 35.5. The van der Waals surface area contributed by atoms with E-state index in [0.717, 1.165) is 28.2 Å². The molecule has 1 aliphatic heterocycles. The molecule has 0 atom stereocenters. The lowest BCUT2D eigenvalue weighted by Gasteiger charge is -2.11. The maximum Gasteiger partial charge on any atom is 0.269 e. The third-order valence-corrected chi connectivity index (χ3v) is 4.16. The molecular weight excluding hydrogens is 324 g/mol. The summed E-state index contributed by atoms with van der Waals surface area (Å²) in [6, 6.07) is 17.1. The second-order valence-corrected chi connectivity index (χ2v) is 5.93. The first-order valence-electron chi connectivity index (χ1n) is 7.42. The van der Waals surface area contributed by atoms with Crippen LogP contribution in [0.25, 0.3) is 5.69 Å². The molecule has 2 aromatic carbocycles. The SMILES string of the molecule is NC(=O)c1cc2n(n1)-c1ccc(Cl)cc1C(c1ccccc1)=NC2. The van der Waals surface area contributed by atoms with Crippen LogP contribution in [0.15, 0.2) is 59.6 Å². The molecule has 0 fully saturated rings. The molecule has 2 heterocycles. The van der Waals surface area contributed by atoms with E-state index in [2.05, 4.69) is 5.10 Å². The smallest absolute Gasteiger partial charge is 0.269 e. The fourth-order valence-corrected chi connectivity index (χ4v) is 3.00. The number of fused-ring (bicyclic) bond motifs is 3. The van der Waals surface area contributed by atoms with E-state index in [1.807, 2.05) is 42.5 Å². The molecule has 1 aromatic heterocycles. The van der Waals surface area contributed by atoms with Gasteiger partial charge < -0.3 is 5.73 Å². The summed E-state index contributed by atoms with van der Waals surface area (Å²) in [5, 5.41) is 4.95. The van der Waals surface area contributed by atoms with Crippen LogP contribution in [0, 0.1) is 0 Å². The van der Waals surface area contributed by atoms with Gasteiger partial charge in [0.1, 0.15) is 0 Å². The van der Waals surface area contributed by atoms with Crippen LogP contribution in [0.3, 0.4) is 0 Å². The molecule has 0 aliphatic carbocycles. The van der Waals surface area contributed by atoms with Crippen LogP contribution in [0.4, 0.5) is 0 Å². The number of amides is 1. The minimum atomic E-state index is -0.557. The molecule has 24 heavy (non-hydrogen) atoms. The molecule has 4 rings (SSSR count). The van der Waals surface area contributed by atoms with Crippen LogP contribution < -0.4 is 5.73 Å². The summed E-state index contributed by atoms with van der Waals surface area (Å²) in [4.78, 5) is 16.2. The quantitative estimate of drug-likeness (QED) is 0.781. The lowest BCUT2D eigenvalue weighted by molar-refractivity contribution is 0.0995. The van der Waals surface area contributed by atoms with E-state index in [9.17, 15) is 4.79 Å². The predicted octanol–water partition coefficient (Wildman–Crippen LogP) is 2.98. The number of carbonyl (C=O) groups excluding carboxylic acids is 1. The Morgan fingerprint density at radius 2 is 1.92 bits per heavy atom. The molecule has 2 N–H and O–H groups in total. The summed E-state index contributed by atoms with van der Waals surface area (Å²) in [6.07, 6.45) is 0. The number of halogens is 1. The highest BCUT2D eigenvalue weighted by Crippen LogP contribution is 2.27. The monoisotopic (exact) mass is 336 g/mol. The molecule has 0 spiro atoms. The maximum absolute atomic E-state index is 11.4. The first-order chi connectivity index (χ1) is 11.6. The highest BCUT2D eigenvalue weighted by Gasteiger charge is 2.21. The Morgan fingerprint density at radius 3 is 2.67 bits per heavy atom. The van der Waals surface area contributed by atoms with Gasteiger partial charge in [-0.25, -0.2) is 4.68 Å². The minimum absolute atomic E-state index is 0.226. The number of primary amides is 1. The van der Waals surface area contributed by atoms with Crippen molar-refractivity contribution < 1.29 is 4.79 Å². The topological polar surface area (TPSA) is 73.3 Å². The lowest BCUT2D eigenvalue weighted by atomic mass is 10.0. The second-order valence-electron chi connectivity index (χ2n) is 5.49. The number of hydrogen-bond donors (Lipinski definition) is 1. The van der Waals surface area contributed by atoms with E-state index in [1.165, 1.54) is 0 Å². The minimum Gasteiger partial charge on any atom is -0.364 e. The first kappa shape index (κ1) is 14.7. The molecule has 0 bridgehead atoms.